The van der Waals surface area contributed by atoms with Gasteiger partial charge in [0.2, 0.25) is 4.69 Å². The van der Waals surface area contributed by atoms with Crippen molar-refractivity contribution in [2.24, 2.45) is 0 Å². The standard InChI is InChI=1S/C15H13BrO2/c1-2-11-6-5-7-12(10-11)18-14-9-4-3-8-13(14)15(16)17/h3-10H,2H2,1H3. The lowest BCUT2D eigenvalue weighted by atomic mass is 10.1. The quantitative estimate of drug-likeness (QED) is 0.773. The molecule has 2 nitrogen and oxygen atoms in total. The lowest BCUT2D eigenvalue weighted by molar-refractivity contribution is 0.109. The zero-order valence-corrected chi connectivity index (χ0v) is 11.6. The third-order valence-electron chi connectivity index (χ3n) is 2.63. The number of ether oxygens (including phenoxy) is 1. The van der Waals surface area contributed by atoms with E-state index < -0.39 is 0 Å². The molecule has 0 N–H and O–H groups in total. The van der Waals surface area contributed by atoms with Gasteiger partial charge in [-0.1, -0.05) is 31.2 Å². The Hall–Kier alpha value is -1.61. The second-order valence-electron chi connectivity index (χ2n) is 3.87. The Balaban J connectivity index is 2.31. The summed E-state index contributed by atoms with van der Waals surface area (Å²) in [6.07, 6.45) is 0.955. The molecule has 0 aromatic heterocycles. The van der Waals surface area contributed by atoms with Crippen molar-refractivity contribution in [3.63, 3.8) is 0 Å². The second kappa shape index (κ2) is 5.83. The van der Waals surface area contributed by atoms with Crippen LogP contribution in [0.25, 0.3) is 0 Å². The fraction of sp³-hybridized carbons (Fsp3) is 0.133. The van der Waals surface area contributed by atoms with Gasteiger partial charge in [0, 0.05) is 0 Å². The number of aryl methyl sites for hydroxylation is 1. The average Bonchev–Trinajstić information content (AvgIpc) is 2.39. The van der Waals surface area contributed by atoms with Gasteiger partial charge < -0.3 is 4.74 Å². The van der Waals surface area contributed by atoms with E-state index in [1.807, 2.05) is 30.3 Å². The fourth-order valence-corrected chi connectivity index (χ4v) is 2.00. The fourth-order valence-electron chi connectivity index (χ4n) is 1.67. The molecule has 92 valence electrons. The molecule has 0 atom stereocenters. The largest absolute Gasteiger partial charge is 0.457 e. The highest BCUT2D eigenvalue weighted by atomic mass is 79.9. The van der Waals surface area contributed by atoms with E-state index in [9.17, 15) is 4.79 Å². The summed E-state index contributed by atoms with van der Waals surface area (Å²) in [7, 11) is 0. The van der Waals surface area contributed by atoms with Gasteiger partial charge in [0.15, 0.2) is 0 Å². The minimum absolute atomic E-state index is 0.176. The Morgan fingerprint density at radius 2 is 1.94 bits per heavy atom. The summed E-state index contributed by atoms with van der Waals surface area (Å²) < 4.78 is 5.59. The Morgan fingerprint density at radius 1 is 1.17 bits per heavy atom. The van der Waals surface area contributed by atoms with Gasteiger partial charge in [-0.05, 0) is 52.2 Å². The van der Waals surface area contributed by atoms with E-state index in [1.54, 1.807) is 12.1 Å². The predicted molar refractivity (Wildman–Crippen MR) is 75.6 cm³/mol. The van der Waals surface area contributed by atoms with Crippen LogP contribution in [-0.4, -0.2) is 4.69 Å². The van der Waals surface area contributed by atoms with E-state index in [0.29, 0.717) is 11.3 Å². The van der Waals surface area contributed by atoms with E-state index in [2.05, 4.69) is 28.9 Å². The summed E-state index contributed by atoms with van der Waals surface area (Å²) in [6, 6.07) is 15.0. The summed E-state index contributed by atoms with van der Waals surface area (Å²) >= 11 is 2.96. The number of para-hydroxylation sites is 1. The van der Waals surface area contributed by atoms with Gasteiger partial charge in [-0.3, -0.25) is 4.79 Å². The lowest BCUT2D eigenvalue weighted by Crippen LogP contribution is -1.94. The lowest BCUT2D eigenvalue weighted by Gasteiger charge is -2.09. The highest BCUT2D eigenvalue weighted by Gasteiger charge is 2.09. The molecule has 0 unspecified atom stereocenters. The summed E-state index contributed by atoms with van der Waals surface area (Å²) in [5.74, 6) is 1.31. The van der Waals surface area contributed by atoms with Crippen LogP contribution in [0.5, 0.6) is 11.5 Å². The zero-order valence-electron chi connectivity index (χ0n) is 10.0. The van der Waals surface area contributed by atoms with Crippen molar-refractivity contribution in [3.05, 3.63) is 59.7 Å². The maximum Gasteiger partial charge on any atom is 0.231 e. The van der Waals surface area contributed by atoms with E-state index in [4.69, 9.17) is 4.74 Å². The van der Waals surface area contributed by atoms with Crippen LogP contribution in [0.4, 0.5) is 0 Å². The SMILES string of the molecule is CCc1cccc(Oc2ccccc2C(=O)Br)c1. The first-order chi connectivity index (χ1) is 8.70. The Labute approximate surface area is 115 Å². The normalized spacial score (nSPS) is 10.1. The van der Waals surface area contributed by atoms with Crippen LogP contribution in [0.15, 0.2) is 48.5 Å². The molecule has 0 saturated heterocycles. The van der Waals surface area contributed by atoms with Gasteiger partial charge in [0.25, 0.3) is 0 Å². The molecule has 0 fully saturated rings. The van der Waals surface area contributed by atoms with Crippen molar-refractivity contribution in [2.75, 3.05) is 0 Å². The maximum absolute atomic E-state index is 11.4. The van der Waals surface area contributed by atoms with Gasteiger partial charge in [-0.25, -0.2) is 0 Å². The van der Waals surface area contributed by atoms with Crippen molar-refractivity contribution in [1.29, 1.82) is 0 Å². The third-order valence-corrected chi connectivity index (χ3v) is 3.06. The number of hydrogen-bond acceptors (Lipinski definition) is 2. The van der Waals surface area contributed by atoms with Gasteiger partial charge in [-0.15, -0.1) is 0 Å². The molecule has 0 bridgehead atoms. The van der Waals surface area contributed by atoms with Crippen LogP contribution in [0.2, 0.25) is 0 Å². The van der Waals surface area contributed by atoms with Crippen molar-refractivity contribution >= 4 is 20.6 Å². The smallest absolute Gasteiger partial charge is 0.231 e. The second-order valence-corrected chi connectivity index (χ2v) is 4.59. The Kier molecular flexibility index (Phi) is 4.15. The number of carbonyl (C=O) groups is 1. The topological polar surface area (TPSA) is 26.3 Å². The molecule has 0 saturated carbocycles. The van der Waals surface area contributed by atoms with E-state index in [-0.39, 0.29) is 4.69 Å². The molecule has 0 aliphatic heterocycles. The summed E-state index contributed by atoms with van der Waals surface area (Å²) in [4.78, 5) is 11.4. The monoisotopic (exact) mass is 304 g/mol. The van der Waals surface area contributed by atoms with Crippen LogP contribution >= 0.6 is 15.9 Å². The third kappa shape index (κ3) is 2.99. The van der Waals surface area contributed by atoms with Crippen LogP contribution in [0, 0.1) is 0 Å². The van der Waals surface area contributed by atoms with Gasteiger partial charge in [-0.2, -0.15) is 0 Å². The molecule has 0 aliphatic carbocycles. The summed E-state index contributed by atoms with van der Waals surface area (Å²) in [5.41, 5.74) is 1.73. The van der Waals surface area contributed by atoms with E-state index in [0.717, 1.165) is 12.2 Å². The van der Waals surface area contributed by atoms with E-state index >= 15 is 0 Å². The van der Waals surface area contributed by atoms with Crippen molar-refractivity contribution < 1.29 is 9.53 Å². The molecule has 2 rings (SSSR count). The van der Waals surface area contributed by atoms with Crippen LogP contribution in [-0.2, 0) is 6.42 Å². The van der Waals surface area contributed by atoms with Gasteiger partial charge >= 0.3 is 0 Å². The molecule has 0 amide bonds. The molecule has 2 aromatic carbocycles. The maximum atomic E-state index is 11.4. The zero-order chi connectivity index (χ0) is 13.0. The molecule has 0 spiro atoms. The number of rotatable bonds is 4. The Bertz CT molecular complexity index is 564. The van der Waals surface area contributed by atoms with Crippen molar-refractivity contribution in [2.45, 2.75) is 13.3 Å². The summed E-state index contributed by atoms with van der Waals surface area (Å²) in [5, 5.41) is 0. The predicted octanol–water partition coefficient (Wildman–Crippen LogP) is 4.58. The molecule has 0 radical (unpaired) electrons. The molecule has 0 aliphatic rings. The minimum atomic E-state index is -0.176. The number of carbonyl (C=O) groups excluding carboxylic acids is 1. The highest BCUT2D eigenvalue weighted by Crippen LogP contribution is 2.27. The van der Waals surface area contributed by atoms with Gasteiger partial charge in [0.05, 0.1) is 5.56 Å². The van der Waals surface area contributed by atoms with Crippen molar-refractivity contribution in [1.82, 2.24) is 0 Å². The molecule has 3 heteroatoms. The minimum Gasteiger partial charge on any atom is -0.457 e. The Morgan fingerprint density at radius 3 is 2.67 bits per heavy atom. The van der Waals surface area contributed by atoms with Crippen LogP contribution < -0.4 is 4.74 Å². The van der Waals surface area contributed by atoms with Crippen LogP contribution in [0.3, 0.4) is 0 Å². The molecular formula is C15H13BrO2. The highest BCUT2D eigenvalue weighted by molar-refractivity contribution is 9.18. The van der Waals surface area contributed by atoms with Crippen LogP contribution in [0.1, 0.15) is 22.8 Å². The average molecular weight is 305 g/mol. The summed E-state index contributed by atoms with van der Waals surface area (Å²) in [6.45, 7) is 2.09. The molecule has 0 heterocycles. The first-order valence-electron chi connectivity index (χ1n) is 5.76. The number of benzene rings is 2. The van der Waals surface area contributed by atoms with Crippen molar-refractivity contribution in [3.8, 4) is 11.5 Å². The first-order valence-corrected chi connectivity index (χ1v) is 6.55. The first kappa shape index (κ1) is 12.8. The number of halogens is 1. The molecule has 2 aromatic rings. The van der Waals surface area contributed by atoms with Gasteiger partial charge in [0.1, 0.15) is 11.5 Å². The molecule has 18 heavy (non-hydrogen) atoms. The number of hydrogen-bond donors (Lipinski definition) is 0. The van der Waals surface area contributed by atoms with E-state index in [1.165, 1.54) is 5.56 Å². The molecular weight excluding hydrogens is 292 g/mol.